The third kappa shape index (κ3) is 2.96. The largest absolute Gasteiger partial charge is 0.466 e. The molecule has 0 amide bonds. The lowest BCUT2D eigenvalue weighted by Crippen LogP contribution is -2.30. The summed E-state index contributed by atoms with van der Waals surface area (Å²) < 4.78 is 10.1. The summed E-state index contributed by atoms with van der Waals surface area (Å²) >= 11 is 4.93. The lowest BCUT2D eigenvalue weighted by molar-refractivity contribution is -0.136. The molecule has 25 heavy (non-hydrogen) atoms. The molecule has 2 aliphatic heterocycles. The highest BCUT2D eigenvalue weighted by Gasteiger charge is 2.42. The maximum absolute atomic E-state index is 12.4. The fourth-order valence-corrected chi connectivity index (χ4v) is 3.26. The number of methoxy groups -OCH3 is 1. The van der Waals surface area contributed by atoms with E-state index >= 15 is 0 Å². The van der Waals surface area contributed by atoms with Crippen LogP contribution >= 0.6 is 12.2 Å². The molecule has 7 nitrogen and oxygen atoms in total. The van der Waals surface area contributed by atoms with Gasteiger partial charge in [0, 0.05) is 11.4 Å². The van der Waals surface area contributed by atoms with Gasteiger partial charge in [0.25, 0.3) is 0 Å². The van der Waals surface area contributed by atoms with Gasteiger partial charge in [-0.15, -0.1) is 0 Å². The van der Waals surface area contributed by atoms with Crippen LogP contribution in [0.3, 0.4) is 0 Å². The second kappa shape index (κ2) is 6.56. The van der Waals surface area contributed by atoms with Crippen LogP contribution in [0.5, 0.6) is 0 Å². The third-order valence-electron chi connectivity index (χ3n) is 4.15. The lowest BCUT2D eigenvalue weighted by atomic mass is 9.80. The van der Waals surface area contributed by atoms with Crippen molar-refractivity contribution < 1.29 is 19.1 Å². The number of benzene rings is 1. The van der Waals surface area contributed by atoms with Gasteiger partial charge < -0.3 is 25.8 Å². The topological polar surface area (TPSA) is 103 Å². The molecule has 0 saturated heterocycles. The quantitative estimate of drug-likeness (QED) is 0.548. The molecule has 0 fully saturated rings. The number of carbonyl (C=O) groups is 2. The molecule has 8 heteroatoms. The first kappa shape index (κ1) is 17.0. The van der Waals surface area contributed by atoms with Gasteiger partial charge >= 0.3 is 11.9 Å². The molecule has 0 spiro atoms. The molecule has 1 atom stereocenters. The van der Waals surface area contributed by atoms with Gasteiger partial charge in [0.1, 0.15) is 6.61 Å². The molecule has 0 aliphatic carbocycles. The van der Waals surface area contributed by atoms with Crippen LogP contribution in [0.15, 0.2) is 46.8 Å². The van der Waals surface area contributed by atoms with Crippen molar-refractivity contribution in [1.82, 2.24) is 5.32 Å². The molecule has 2 aliphatic rings. The monoisotopic (exact) mass is 359 g/mol. The van der Waals surface area contributed by atoms with E-state index in [0.717, 1.165) is 0 Å². The van der Waals surface area contributed by atoms with E-state index in [1.165, 1.54) is 7.11 Å². The number of anilines is 1. The van der Waals surface area contributed by atoms with E-state index in [0.29, 0.717) is 33.8 Å². The molecule has 2 heterocycles. The number of allylic oxidation sites excluding steroid dienone is 1. The number of cyclic esters (lactones) is 1. The van der Waals surface area contributed by atoms with Crippen LogP contribution in [0.25, 0.3) is 0 Å². The van der Waals surface area contributed by atoms with Crippen LogP contribution in [0.2, 0.25) is 0 Å². The van der Waals surface area contributed by atoms with Crippen molar-refractivity contribution in [2.24, 2.45) is 5.73 Å². The molecule has 1 aromatic rings. The Morgan fingerprint density at radius 2 is 2.16 bits per heavy atom. The van der Waals surface area contributed by atoms with Crippen molar-refractivity contribution in [2.75, 3.05) is 19.0 Å². The molecule has 0 bridgehead atoms. The Morgan fingerprint density at radius 3 is 2.84 bits per heavy atom. The first-order chi connectivity index (χ1) is 11.9. The number of hydrogen-bond donors (Lipinski definition) is 3. The highest BCUT2D eigenvalue weighted by molar-refractivity contribution is 7.80. The van der Waals surface area contributed by atoms with Gasteiger partial charge in [-0.3, -0.25) is 0 Å². The molecule has 1 aromatic carbocycles. The summed E-state index contributed by atoms with van der Waals surface area (Å²) in [7, 11) is 1.30. The number of carbonyl (C=O) groups excluding carboxylic acids is 2. The zero-order valence-corrected chi connectivity index (χ0v) is 14.5. The van der Waals surface area contributed by atoms with E-state index in [1.807, 2.05) is 18.2 Å². The number of para-hydroxylation sites is 1. The Hall–Kier alpha value is -2.87. The minimum absolute atomic E-state index is 0.0879. The first-order valence-electron chi connectivity index (χ1n) is 7.55. The predicted molar refractivity (Wildman–Crippen MR) is 95.4 cm³/mol. The summed E-state index contributed by atoms with van der Waals surface area (Å²) in [5.41, 5.74) is 8.89. The van der Waals surface area contributed by atoms with Gasteiger partial charge in [-0.25, -0.2) is 9.59 Å². The van der Waals surface area contributed by atoms with Crippen molar-refractivity contribution >= 4 is 35.0 Å². The van der Waals surface area contributed by atoms with E-state index in [4.69, 9.17) is 27.4 Å². The predicted octanol–water partition coefficient (Wildman–Crippen LogP) is 1.29. The van der Waals surface area contributed by atoms with Gasteiger partial charge in [0.15, 0.2) is 5.11 Å². The Labute approximate surface area is 149 Å². The van der Waals surface area contributed by atoms with E-state index in [2.05, 4.69) is 10.6 Å². The fraction of sp³-hybridized carbons (Fsp3) is 0.235. The van der Waals surface area contributed by atoms with Crippen molar-refractivity contribution in [2.45, 2.75) is 12.8 Å². The van der Waals surface area contributed by atoms with E-state index in [1.54, 1.807) is 13.0 Å². The van der Waals surface area contributed by atoms with E-state index in [9.17, 15) is 9.59 Å². The normalized spacial score (nSPS) is 19.1. The third-order valence-corrected chi connectivity index (χ3v) is 4.25. The van der Waals surface area contributed by atoms with Crippen LogP contribution in [0, 0.1) is 0 Å². The summed E-state index contributed by atoms with van der Waals surface area (Å²) in [5, 5.41) is 6.06. The highest BCUT2D eigenvalue weighted by Crippen LogP contribution is 2.43. The molecule has 0 saturated carbocycles. The number of nitrogens with two attached hydrogens (primary N) is 1. The lowest BCUT2D eigenvalue weighted by Gasteiger charge is -2.28. The van der Waals surface area contributed by atoms with Gasteiger partial charge in [0.2, 0.25) is 0 Å². The standard InChI is InChI=1S/C17H17N3O4S/c1-8-12(15(21)23-2)13(14-11(19-8)7-24-16(14)22)9-5-3-4-6-10(9)20-17(18)25/h3-6,13,19H,7H2,1-2H3,(H3,18,20,25). The number of hydrogen-bond acceptors (Lipinski definition) is 6. The van der Waals surface area contributed by atoms with Gasteiger partial charge in [-0.05, 0) is 30.8 Å². The summed E-state index contributed by atoms with van der Waals surface area (Å²) in [4.78, 5) is 24.7. The summed E-state index contributed by atoms with van der Waals surface area (Å²) in [6, 6.07) is 7.21. The molecular weight excluding hydrogens is 342 g/mol. The van der Waals surface area contributed by atoms with Crippen LogP contribution in [0.4, 0.5) is 5.69 Å². The number of esters is 2. The van der Waals surface area contributed by atoms with Crippen molar-refractivity contribution in [3.63, 3.8) is 0 Å². The average molecular weight is 359 g/mol. The van der Waals surface area contributed by atoms with Gasteiger partial charge in [0.05, 0.1) is 29.9 Å². The van der Waals surface area contributed by atoms with Crippen LogP contribution in [-0.2, 0) is 19.1 Å². The second-order valence-electron chi connectivity index (χ2n) is 5.63. The van der Waals surface area contributed by atoms with Crippen LogP contribution in [0.1, 0.15) is 18.4 Å². The highest BCUT2D eigenvalue weighted by atomic mass is 32.1. The van der Waals surface area contributed by atoms with Crippen LogP contribution in [-0.4, -0.2) is 30.8 Å². The Morgan fingerprint density at radius 1 is 1.44 bits per heavy atom. The number of thiocarbonyl (C=S) groups is 1. The smallest absolute Gasteiger partial charge is 0.337 e. The zero-order valence-electron chi connectivity index (χ0n) is 13.7. The number of dihydropyridines is 1. The summed E-state index contributed by atoms with van der Waals surface area (Å²) in [6.07, 6.45) is 0. The van der Waals surface area contributed by atoms with Crippen LogP contribution < -0.4 is 16.4 Å². The Bertz CT molecular complexity index is 844. The fourth-order valence-electron chi connectivity index (χ4n) is 3.15. The van der Waals surface area contributed by atoms with Gasteiger partial charge in [-0.1, -0.05) is 18.2 Å². The Kier molecular flexibility index (Phi) is 4.45. The molecule has 130 valence electrons. The minimum Gasteiger partial charge on any atom is -0.466 e. The molecule has 0 radical (unpaired) electrons. The van der Waals surface area contributed by atoms with E-state index in [-0.39, 0.29) is 11.7 Å². The maximum Gasteiger partial charge on any atom is 0.337 e. The average Bonchev–Trinajstić information content (AvgIpc) is 2.94. The van der Waals surface area contributed by atoms with Gasteiger partial charge in [-0.2, -0.15) is 0 Å². The number of rotatable bonds is 3. The SMILES string of the molecule is COC(=O)C1=C(C)NC2=C(C(=O)OC2)C1c1ccccc1NC(N)=S. The van der Waals surface area contributed by atoms with Crippen molar-refractivity contribution in [3.05, 3.63) is 52.4 Å². The van der Waals surface area contributed by atoms with Crippen molar-refractivity contribution in [3.8, 4) is 0 Å². The minimum atomic E-state index is -0.642. The molecular formula is C17H17N3O4S. The second-order valence-corrected chi connectivity index (χ2v) is 6.07. The Balaban J connectivity index is 2.21. The molecule has 4 N–H and O–H groups in total. The summed E-state index contributed by atoms with van der Waals surface area (Å²) in [5.74, 6) is -1.63. The molecule has 3 rings (SSSR count). The number of ether oxygens (including phenoxy) is 2. The molecule has 0 aromatic heterocycles. The number of nitrogens with one attached hydrogen (secondary N) is 2. The summed E-state index contributed by atoms with van der Waals surface area (Å²) in [6.45, 7) is 1.90. The zero-order chi connectivity index (χ0) is 18.1. The maximum atomic E-state index is 12.4. The molecule has 1 unspecified atom stereocenters. The van der Waals surface area contributed by atoms with Crippen molar-refractivity contribution in [1.29, 1.82) is 0 Å². The first-order valence-corrected chi connectivity index (χ1v) is 7.96. The van der Waals surface area contributed by atoms with E-state index < -0.39 is 17.9 Å².